The standard InChI is InChI=1S/C14H22BrN3O/c1-2-8-19-14-9-13(16-11-17-14)18-7-3-4-12(10-18)5-6-15/h9,11-12H,2-8,10H2,1H3. The van der Waals surface area contributed by atoms with E-state index in [0.29, 0.717) is 12.5 Å². The number of hydrogen-bond donors (Lipinski definition) is 0. The van der Waals surface area contributed by atoms with Crippen molar-refractivity contribution in [1.82, 2.24) is 9.97 Å². The molecule has 1 aromatic heterocycles. The molecule has 4 nitrogen and oxygen atoms in total. The van der Waals surface area contributed by atoms with E-state index in [1.54, 1.807) is 6.33 Å². The van der Waals surface area contributed by atoms with E-state index < -0.39 is 0 Å². The van der Waals surface area contributed by atoms with Crippen LogP contribution in [0.3, 0.4) is 0 Å². The molecule has 0 spiro atoms. The summed E-state index contributed by atoms with van der Waals surface area (Å²) in [7, 11) is 0. The third-order valence-corrected chi connectivity index (χ3v) is 3.90. The summed E-state index contributed by atoms with van der Waals surface area (Å²) < 4.78 is 5.58. The summed E-state index contributed by atoms with van der Waals surface area (Å²) in [6.07, 6.45) is 6.41. The molecule has 0 N–H and O–H groups in total. The van der Waals surface area contributed by atoms with Crippen molar-refractivity contribution in [2.45, 2.75) is 32.6 Å². The van der Waals surface area contributed by atoms with Gasteiger partial charge in [-0.2, -0.15) is 0 Å². The number of halogens is 1. The molecule has 1 saturated heterocycles. The summed E-state index contributed by atoms with van der Waals surface area (Å²) in [5.74, 6) is 2.46. The van der Waals surface area contributed by atoms with Gasteiger partial charge in [0.2, 0.25) is 5.88 Å². The molecule has 2 rings (SSSR count). The quantitative estimate of drug-likeness (QED) is 0.751. The van der Waals surface area contributed by atoms with Gasteiger partial charge in [-0.25, -0.2) is 9.97 Å². The maximum Gasteiger partial charge on any atom is 0.218 e. The van der Waals surface area contributed by atoms with Gasteiger partial charge < -0.3 is 9.64 Å². The average molecular weight is 328 g/mol. The first-order valence-electron chi connectivity index (χ1n) is 7.09. The van der Waals surface area contributed by atoms with Gasteiger partial charge in [0.15, 0.2) is 0 Å². The molecule has 1 unspecified atom stereocenters. The summed E-state index contributed by atoms with van der Waals surface area (Å²) in [5, 5.41) is 1.08. The maximum atomic E-state index is 5.58. The predicted octanol–water partition coefficient (Wildman–Crippen LogP) is 3.27. The first-order valence-corrected chi connectivity index (χ1v) is 8.21. The summed E-state index contributed by atoms with van der Waals surface area (Å²) >= 11 is 3.54. The molecule has 1 fully saturated rings. The van der Waals surface area contributed by atoms with Crippen LogP contribution in [0.15, 0.2) is 12.4 Å². The van der Waals surface area contributed by atoms with E-state index in [9.17, 15) is 0 Å². The fraction of sp³-hybridized carbons (Fsp3) is 0.714. The van der Waals surface area contributed by atoms with Crippen LogP contribution in [0.25, 0.3) is 0 Å². The zero-order valence-corrected chi connectivity index (χ0v) is 13.1. The fourth-order valence-electron chi connectivity index (χ4n) is 2.45. The highest BCUT2D eigenvalue weighted by molar-refractivity contribution is 9.09. The summed E-state index contributed by atoms with van der Waals surface area (Å²) in [5.41, 5.74) is 0. The van der Waals surface area contributed by atoms with Crippen molar-refractivity contribution in [2.24, 2.45) is 5.92 Å². The average Bonchev–Trinajstić information content (AvgIpc) is 2.46. The van der Waals surface area contributed by atoms with Crippen molar-refractivity contribution in [3.05, 3.63) is 12.4 Å². The molecule has 0 amide bonds. The van der Waals surface area contributed by atoms with E-state index in [-0.39, 0.29) is 0 Å². The van der Waals surface area contributed by atoms with Crippen LogP contribution in [0, 0.1) is 5.92 Å². The lowest BCUT2D eigenvalue weighted by molar-refractivity contribution is 0.304. The highest BCUT2D eigenvalue weighted by atomic mass is 79.9. The minimum atomic E-state index is 0.689. The van der Waals surface area contributed by atoms with Crippen LogP contribution < -0.4 is 9.64 Å². The van der Waals surface area contributed by atoms with E-state index in [1.807, 2.05) is 6.07 Å². The molecule has 1 atom stereocenters. The second-order valence-corrected chi connectivity index (χ2v) is 5.79. The van der Waals surface area contributed by atoms with E-state index in [0.717, 1.165) is 36.6 Å². The van der Waals surface area contributed by atoms with Crippen molar-refractivity contribution in [3.63, 3.8) is 0 Å². The van der Waals surface area contributed by atoms with Crippen LogP contribution in [0.1, 0.15) is 32.6 Å². The summed E-state index contributed by atoms with van der Waals surface area (Å²) in [6, 6.07) is 1.96. The van der Waals surface area contributed by atoms with Crippen LogP contribution in [0.4, 0.5) is 5.82 Å². The zero-order chi connectivity index (χ0) is 13.5. The van der Waals surface area contributed by atoms with Gasteiger partial charge in [0.25, 0.3) is 0 Å². The fourth-order valence-corrected chi connectivity index (χ4v) is 3.10. The SMILES string of the molecule is CCCOc1cc(N2CCCC(CCBr)C2)ncn1. The van der Waals surface area contributed by atoms with Crippen LogP contribution in [0.5, 0.6) is 5.88 Å². The molecule has 1 aliphatic heterocycles. The van der Waals surface area contributed by atoms with Crippen LogP contribution in [0.2, 0.25) is 0 Å². The van der Waals surface area contributed by atoms with Crippen LogP contribution in [-0.4, -0.2) is 35.0 Å². The van der Waals surface area contributed by atoms with E-state index in [4.69, 9.17) is 4.74 Å². The molecule has 5 heteroatoms. The number of nitrogens with zero attached hydrogens (tertiary/aromatic N) is 3. The predicted molar refractivity (Wildman–Crippen MR) is 81.2 cm³/mol. The van der Waals surface area contributed by atoms with Crippen molar-refractivity contribution in [3.8, 4) is 5.88 Å². The van der Waals surface area contributed by atoms with Crippen molar-refractivity contribution < 1.29 is 4.74 Å². The minimum absolute atomic E-state index is 0.689. The Hall–Kier alpha value is -0.840. The highest BCUT2D eigenvalue weighted by Gasteiger charge is 2.20. The Morgan fingerprint density at radius 3 is 3.16 bits per heavy atom. The Labute approximate surface area is 123 Å². The molecule has 0 aromatic carbocycles. The lowest BCUT2D eigenvalue weighted by Crippen LogP contribution is -2.36. The second kappa shape index (κ2) is 7.68. The Balaban J connectivity index is 1.99. The Morgan fingerprint density at radius 2 is 2.37 bits per heavy atom. The number of ether oxygens (including phenoxy) is 1. The number of hydrogen-bond acceptors (Lipinski definition) is 4. The van der Waals surface area contributed by atoms with Crippen molar-refractivity contribution in [2.75, 3.05) is 29.9 Å². The number of piperidine rings is 1. The molecule has 0 aliphatic carbocycles. The van der Waals surface area contributed by atoms with E-state index >= 15 is 0 Å². The van der Waals surface area contributed by atoms with Gasteiger partial charge in [-0.3, -0.25) is 0 Å². The molecule has 0 bridgehead atoms. The number of alkyl halides is 1. The molecule has 19 heavy (non-hydrogen) atoms. The molecule has 106 valence electrons. The van der Waals surface area contributed by atoms with Gasteiger partial charge in [-0.05, 0) is 31.6 Å². The van der Waals surface area contributed by atoms with Gasteiger partial charge in [0.05, 0.1) is 6.61 Å². The van der Waals surface area contributed by atoms with E-state index in [1.165, 1.54) is 19.3 Å². The first-order chi connectivity index (χ1) is 9.33. The minimum Gasteiger partial charge on any atom is -0.478 e. The smallest absolute Gasteiger partial charge is 0.218 e. The molecule has 1 aromatic rings. The number of aromatic nitrogens is 2. The monoisotopic (exact) mass is 327 g/mol. The van der Waals surface area contributed by atoms with Crippen molar-refractivity contribution >= 4 is 21.7 Å². The third kappa shape index (κ3) is 4.34. The van der Waals surface area contributed by atoms with E-state index in [2.05, 4.69) is 37.7 Å². The lowest BCUT2D eigenvalue weighted by atomic mass is 9.96. The summed E-state index contributed by atoms with van der Waals surface area (Å²) in [4.78, 5) is 10.9. The van der Waals surface area contributed by atoms with Gasteiger partial charge in [-0.1, -0.05) is 22.9 Å². The van der Waals surface area contributed by atoms with Gasteiger partial charge in [0, 0.05) is 24.5 Å². The van der Waals surface area contributed by atoms with Gasteiger partial charge >= 0.3 is 0 Å². The molecule has 0 radical (unpaired) electrons. The first kappa shape index (κ1) is 14.6. The van der Waals surface area contributed by atoms with Gasteiger partial charge in [0.1, 0.15) is 12.1 Å². The molecule has 0 saturated carbocycles. The highest BCUT2D eigenvalue weighted by Crippen LogP contribution is 2.25. The second-order valence-electron chi connectivity index (χ2n) is 4.99. The largest absolute Gasteiger partial charge is 0.478 e. The summed E-state index contributed by atoms with van der Waals surface area (Å²) in [6.45, 7) is 4.99. The lowest BCUT2D eigenvalue weighted by Gasteiger charge is -2.33. The Kier molecular flexibility index (Phi) is 5.89. The van der Waals surface area contributed by atoms with Crippen molar-refractivity contribution in [1.29, 1.82) is 0 Å². The maximum absolute atomic E-state index is 5.58. The number of anilines is 1. The molecule has 1 aliphatic rings. The normalized spacial score (nSPS) is 19.5. The Bertz CT molecular complexity index is 387. The topological polar surface area (TPSA) is 38.2 Å². The van der Waals surface area contributed by atoms with Gasteiger partial charge in [-0.15, -0.1) is 0 Å². The molecular formula is C14H22BrN3O. The Morgan fingerprint density at radius 1 is 1.47 bits per heavy atom. The third-order valence-electron chi connectivity index (χ3n) is 3.44. The van der Waals surface area contributed by atoms with Crippen LogP contribution >= 0.6 is 15.9 Å². The van der Waals surface area contributed by atoms with Crippen LogP contribution in [-0.2, 0) is 0 Å². The molecular weight excluding hydrogens is 306 g/mol. The molecule has 2 heterocycles. The number of rotatable bonds is 6. The zero-order valence-electron chi connectivity index (χ0n) is 11.5.